The first-order chi connectivity index (χ1) is 13.6. The first-order valence-corrected chi connectivity index (χ1v) is 9.55. The molecule has 1 saturated carbocycles. The molecule has 1 fully saturated rings. The summed E-state index contributed by atoms with van der Waals surface area (Å²) in [6.07, 6.45) is 5.11. The highest BCUT2D eigenvalue weighted by Crippen LogP contribution is 2.30. The number of rotatable bonds is 8. The Kier molecular flexibility index (Phi) is 6.58. The van der Waals surface area contributed by atoms with Gasteiger partial charge in [-0.15, -0.1) is 0 Å². The molecule has 5 heteroatoms. The standard InChI is InChI=1S/C23H24FNO3/c1-2-28-23(27)21(16-17-7-4-3-5-8-17)25(20-12-13-20)22(26)14-11-18-9-6-10-19(24)15-18/h3-11,14-15,20-21H,2,12-13,16H2,1H3/b14-11+. The number of ether oxygens (including phenoxy) is 1. The SMILES string of the molecule is CCOC(=O)C(Cc1ccccc1)N(C(=O)/C=C/c1cccc(F)c1)C1CC1. The molecule has 2 aromatic rings. The number of carbonyl (C=O) groups excluding carboxylic acids is 2. The van der Waals surface area contributed by atoms with Gasteiger partial charge in [0, 0.05) is 18.5 Å². The molecule has 1 aliphatic rings. The van der Waals surface area contributed by atoms with E-state index in [1.54, 1.807) is 30.0 Å². The molecule has 0 aromatic heterocycles. The van der Waals surface area contributed by atoms with Crippen LogP contribution in [0.25, 0.3) is 6.08 Å². The molecular weight excluding hydrogens is 357 g/mol. The Balaban J connectivity index is 1.83. The van der Waals surface area contributed by atoms with E-state index < -0.39 is 12.0 Å². The van der Waals surface area contributed by atoms with Gasteiger partial charge in [0.25, 0.3) is 0 Å². The largest absolute Gasteiger partial charge is 0.464 e. The molecule has 4 nitrogen and oxygen atoms in total. The Hall–Kier alpha value is -2.95. The van der Waals surface area contributed by atoms with Crippen LogP contribution < -0.4 is 0 Å². The summed E-state index contributed by atoms with van der Waals surface area (Å²) in [7, 11) is 0. The maximum Gasteiger partial charge on any atom is 0.329 e. The lowest BCUT2D eigenvalue weighted by Gasteiger charge is -2.29. The Morgan fingerprint density at radius 3 is 2.57 bits per heavy atom. The third-order valence-electron chi connectivity index (χ3n) is 4.63. The lowest BCUT2D eigenvalue weighted by atomic mass is 10.0. The highest BCUT2D eigenvalue weighted by molar-refractivity contribution is 5.95. The minimum absolute atomic E-state index is 0.0303. The van der Waals surface area contributed by atoms with E-state index in [9.17, 15) is 14.0 Å². The van der Waals surface area contributed by atoms with Crippen LogP contribution >= 0.6 is 0 Å². The monoisotopic (exact) mass is 381 g/mol. The molecule has 1 aliphatic carbocycles. The molecule has 0 spiro atoms. The van der Waals surface area contributed by atoms with E-state index in [0.29, 0.717) is 12.0 Å². The number of carbonyl (C=O) groups is 2. The van der Waals surface area contributed by atoms with Gasteiger partial charge in [0.1, 0.15) is 11.9 Å². The summed E-state index contributed by atoms with van der Waals surface area (Å²) in [5, 5.41) is 0. The fourth-order valence-corrected chi connectivity index (χ4v) is 3.18. The summed E-state index contributed by atoms with van der Waals surface area (Å²) in [6, 6.07) is 15.0. The molecule has 1 unspecified atom stereocenters. The van der Waals surface area contributed by atoms with Gasteiger partial charge in [-0.05, 0) is 49.1 Å². The maximum absolute atomic E-state index is 13.4. The van der Waals surface area contributed by atoms with Crippen molar-refractivity contribution in [1.29, 1.82) is 0 Å². The van der Waals surface area contributed by atoms with E-state index in [1.165, 1.54) is 18.2 Å². The van der Waals surface area contributed by atoms with Crippen molar-refractivity contribution in [3.8, 4) is 0 Å². The average Bonchev–Trinajstić information content (AvgIpc) is 3.52. The molecular formula is C23H24FNO3. The fraction of sp³-hybridized carbons (Fsp3) is 0.304. The Labute approximate surface area is 164 Å². The zero-order chi connectivity index (χ0) is 19.9. The van der Waals surface area contributed by atoms with E-state index in [4.69, 9.17) is 4.74 Å². The van der Waals surface area contributed by atoms with Crippen molar-refractivity contribution in [3.05, 3.63) is 77.6 Å². The molecule has 0 saturated heterocycles. The molecule has 0 radical (unpaired) electrons. The predicted octanol–water partition coefficient (Wildman–Crippen LogP) is 4.00. The molecule has 2 aromatic carbocycles. The maximum atomic E-state index is 13.4. The van der Waals surface area contributed by atoms with E-state index >= 15 is 0 Å². The first kappa shape index (κ1) is 19.8. The van der Waals surface area contributed by atoms with Gasteiger partial charge in [0.2, 0.25) is 5.91 Å². The van der Waals surface area contributed by atoms with Crippen molar-refractivity contribution in [2.45, 2.75) is 38.3 Å². The number of nitrogens with zero attached hydrogens (tertiary/aromatic N) is 1. The van der Waals surface area contributed by atoms with E-state index in [1.807, 2.05) is 30.3 Å². The van der Waals surface area contributed by atoms with Crippen LogP contribution in [0.15, 0.2) is 60.7 Å². The minimum Gasteiger partial charge on any atom is -0.464 e. The van der Waals surface area contributed by atoms with Crippen LogP contribution in [-0.4, -0.2) is 35.5 Å². The van der Waals surface area contributed by atoms with Crippen molar-refractivity contribution in [1.82, 2.24) is 4.90 Å². The highest BCUT2D eigenvalue weighted by atomic mass is 19.1. The van der Waals surface area contributed by atoms with Crippen LogP contribution in [0.3, 0.4) is 0 Å². The Morgan fingerprint density at radius 1 is 1.18 bits per heavy atom. The summed E-state index contributed by atoms with van der Waals surface area (Å²) in [5.41, 5.74) is 1.56. The Bertz CT molecular complexity index is 846. The molecule has 146 valence electrons. The van der Waals surface area contributed by atoms with Crippen LogP contribution in [0.2, 0.25) is 0 Å². The van der Waals surface area contributed by atoms with Gasteiger partial charge in [-0.25, -0.2) is 9.18 Å². The minimum atomic E-state index is -0.681. The Morgan fingerprint density at radius 2 is 1.93 bits per heavy atom. The van der Waals surface area contributed by atoms with Crippen LogP contribution in [-0.2, 0) is 20.7 Å². The number of benzene rings is 2. The molecule has 0 bridgehead atoms. The van der Waals surface area contributed by atoms with Gasteiger partial charge < -0.3 is 9.64 Å². The average molecular weight is 381 g/mol. The third-order valence-corrected chi connectivity index (χ3v) is 4.63. The summed E-state index contributed by atoms with van der Waals surface area (Å²) in [4.78, 5) is 27.2. The molecule has 0 aliphatic heterocycles. The fourth-order valence-electron chi connectivity index (χ4n) is 3.18. The quantitative estimate of drug-likeness (QED) is 0.513. The smallest absolute Gasteiger partial charge is 0.329 e. The topological polar surface area (TPSA) is 46.6 Å². The van der Waals surface area contributed by atoms with Crippen molar-refractivity contribution in [3.63, 3.8) is 0 Å². The van der Waals surface area contributed by atoms with Crippen molar-refractivity contribution in [2.75, 3.05) is 6.61 Å². The van der Waals surface area contributed by atoms with E-state index in [2.05, 4.69) is 0 Å². The number of halogens is 1. The number of hydrogen-bond donors (Lipinski definition) is 0. The summed E-state index contributed by atoms with van der Waals surface area (Å²) < 4.78 is 18.6. The van der Waals surface area contributed by atoms with Crippen LogP contribution in [0, 0.1) is 5.82 Å². The van der Waals surface area contributed by atoms with Gasteiger partial charge in [-0.2, -0.15) is 0 Å². The predicted molar refractivity (Wildman–Crippen MR) is 106 cm³/mol. The second-order valence-corrected chi connectivity index (χ2v) is 6.82. The molecule has 1 atom stereocenters. The second kappa shape index (κ2) is 9.31. The summed E-state index contributed by atoms with van der Waals surface area (Å²) in [5.74, 6) is -1.02. The van der Waals surface area contributed by atoms with Crippen molar-refractivity contribution < 1.29 is 18.7 Å². The van der Waals surface area contributed by atoms with Crippen LogP contribution in [0.4, 0.5) is 4.39 Å². The van der Waals surface area contributed by atoms with Crippen molar-refractivity contribution in [2.24, 2.45) is 0 Å². The molecule has 3 rings (SSSR count). The van der Waals surface area contributed by atoms with E-state index in [0.717, 1.165) is 18.4 Å². The van der Waals surface area contributed by atoms with Crippen LogP contribution in [0.5, 0.6) is 0 Å². The number of esters is 1. The van der Waals surface area contributed by atoms with Gasteiger partial charge >= 0.3 is 5.97 Å². The molecule has 0 heterocycles. The summed E-state index contributed by atoms with van der Waals surface area (Å²) >= 11 is 0. The molecule has 28 heavy (non-hydrogen) atoms. The zero-order valence-electron chi connectivity index (χ0n) is 15.9. The lowest BCUT2D eigenvalue weighted by Crippen LogP contribution is -2.48. The van der Waals surface area contributed by atoms with E-state index in [-0.39, 0.29) is 24.4 Å². The van der Waals surface area contributed by atoms with Gasteiger partial charge in [-0.3, -0.25) is 4.79 Å². The number of amides is 1. The van der Waals surface area contributed by atoms with Gasteiger partial charge in [-0.1, -0.05) is 42.5 Å². The molecule has 0 N–H and O–H groups in total. The first-order valence-electron chi connectivity index (χ1n) is 9.55. The zero-order valence-corrected chi connectivity index (χ0v) is 15.9. The van der Waals surface area contributed by atoms with Crippen LogP contribution in [0.1, 0.15) is 30.9 Å². The third kappa shape index (κ3) is 5.28. The molecule has 1 amide bonds. The van der Waals surface area contributed by atoms with Gasteiger partial charge in [0.05, 0.1) is 6.61 Å². The highest BCUT2D eigenvalue weighted by Gasteiger charge is 2.40. The van der Waals surface area contributed by atoms with Crippen molar-refractivity contribution >= 4 is 18.0 Å². The number of hydrogen-bond acceptors (Lipinski definition) is 3. The summed E-state index contributed by atoms with van der Waals surface area (Å²) in [6.45, 7) is 2.01. The lowest BCUT2D eigenvalue weighted by molar-refractivity contribution is -0.154. The normalized spacial score (nSPS) is 14.6. The second-order valence-electron chi connectivity index (χ2n) is 6.82. The van der Waals surface area contributed by atoms with Gasteiger partial charge in [0.15, 0.2) is 0 Å².